The topological polar surface area (TPSA) is 37.4 Å². The van der Waals surface area contributed by atoms with Crippen LogP contribution in [0, 0.1) is 25.7 Å². The van der Waals surface area contributed by atoms with Crippen molar-refractivity contribution in [1.29, 1.82) is 0 Å². The van der Waals surface area contributed by atoms with Gasteiger partial charge >= 0.3 is 0 Å². The second-order valence-electron chi connectivity index (χ2n) is 6.70. The van der Waals surface area contributed by atoms with Crippen molar-refractivity contribution in [2.45, 2.75) is 50.8 Å². The largest absolute Gasteiger partial charge is 0.243 e. The number of hydrogen-bond acceptors (Lipinski definition) is 2. The van der Waals surface area contributed by atoms with Crippen LogP contribution < -0.4 is 0 Å². The fourth-order valence-electron chi connectivity index (χ4n) is 3.81. The van der Waals surface area contributed by atoms with Gasteiger partial charge in [-0.3, -0.25) is 0 Å². The second kappa shape index (κ2) is 5.73. The molecule has 0 bridgehead atoms. The minimum absolute atomic E-state index is 0.458. The van der Waals surface area contributed by atoms with Crippen LogP contribution in [-0.4, -0.2) is 25.8 Å². The average molecular weight is 307 g/mol. The number of hydrogen-bond donors (Lipinski definition) is 0. The van der Waals surface area contributed by atoms with Gasteiger partial charge in [0.2, 0.25) is 10.0 Å². The Hall–Kier alpha value is -0.870. The summed E-state index contributed by atoms with van der Waals surface area (Å²) in [6.45, 7) is 5.40. The van der Waals surface area contributed by atoms with E-state index in [0.29, 0.717) is 17.4 Å². The summed E-state index contributed by atoms with van der Waals surface area (Å²) in [6, 6.07) is 5.48. The smallest absolute Gasteiger partial charge is 0.207 e. The molecule has 1 aliphatic carbocycles. The van der Waals surface area contributed by atoms with Crippen molar-refractivity contribution in [3.63, 3.8) is 0 Å². The van der Waals surface area contributed by atoms with E-state index in [0.717, 1.165) is 30.0 Å². The van der Waals surface area contributed by atoms with Crippen LogP contribution in [0.15, 0.2) is 23.1 Å². The van der Waals surface area contributed by atoms with E-state index >= 15 is 0 Å². The van der Waals surface area contributed by atoms with Crippen LogP contribution in [0.3, 0.4) is 0 Å². The molecule has 116 valence electrons. The Morgan fingerprint density at radius 1 is 1.00 bits per heavy atom. The maximum absolute atomic E-state index is 12.9. The summed E-state index contributed by atoms with van der Waals surface area (Å²) in [4.78, 5) is 0.458. The molecule has 2 fully saturated rings. The normalized spacial score (nSPS) is 27.3. The summed E-state index contributed by atoms with van der Waals surface area (Å²) in [7, 11) is -3.32. The van der Waals surface area contributed by atoms with Gasteiger partial charge in [0.25, 0.3) is 0 Å². The fourth-order valence-corrected chi connectivity index (χ4v) is 5.41. The van der Waals surface area contributed by atoms with Crippen molar-refractivity contribution >= 4 is 10.0 Å². The van der Waals surface area contributed by atoms with E-state index in [4.69, 9.17) is 0 Å². The summed E-state index contributed by atoms with van der Waals surface area (Å²) < 4.78 is 27.4. The van der Waals surface area contributed by atoms with Gasteiger partial charge in [0, 0.05) is 13.1 Å². The molecule has 1 aromatic carbocycles. The summed E-state index contributed by atoms with van der Waals surface area (Å²) in [6.07, 6.45) is 6.12. The molecular weight excluding hydrogens is 282 g/mol. The lowest BCUT2D eigenvalue weighted by Crippen LogP contribution is -2.44. The highest BCUT2D eigenvalue weighted by atomic mass is 32.2. The number of sulfonamides is 1. The van der Waals surface area contributed by atoms with Crippen molar-refractivity contribution < 1.29 is 8.42 Å². The lowest BCUT2D eigenvalue weighted by molar-refractivity contribution is 0.136. The third-order valence-electron chi connectivity index (χ3n) is 5.37. The molecule has 0 spiro atoms. The van der Waals surface area contributed by atoms with Gasteiger partial charge in [-0.05, 0) is 61.8 Å². The van der Waals surface area contributed by atoms with Crippen LogP contribution in [0.2, 0.25) is 0 Å². The quantitative estimate of drug-likeness (QED) is 0.838. The van der Waals surface area contributed by atoms with Gasteiger partial charge in [-0.25, -0.2) is 8.42 Å². The number of benzene rings is 1. The lowest BCUT2D eigenvalue weighted by Gasteiger charge is -2.40. The molecule has 3 nitrogen and oxygen atoms in total. The number of nitrogens with zero attached hydrogens (tertiary/aromatic N) is 1. The van der Waals surface area contributed by atoms with E-state index in [-0.39, 0.29) is 0 Å². The molecule has 0 amide bonds. The van der Waals surface area contributed by atoms with Crippen molar-refractivity contribution in [1.82, 2.24) is 4.31 Å². The van der Waals surface area contributed by atoms with Crippen LogP contribution in [-0.2, 0) is 10.0 Å². The maximum Gasteiger partial charge on any atom is 0.243 e. The van der Waals surface area contributed by atoms with Crippen LogP contribution in [0.25, 0.3) is 0 Å². The van der Waals surface area contributed by atoms with E-state index in [1.807, 2.05) is 26.0 Å². The highest BCUT2D eigenvalue weighted by molar-refractivity contribution is 7.89. The van der Waals surface area contributed by atoms with E-state index < -0.39 is 10.0 Å². The molecule has 1 saturated heterocycles. The Morgan fingerprint density at radius 2 is 1.71 bits per heavy atom. The van der Waals surface area contributed by atoms with Gasteiger partial charge in [0.15, 0.2) is 0 Å². The van der Waals surface area contributed by atoms with Crippen LogP contribution in [0.4, 0.5) is 0 Å². The Morgan fingerprint density at radius 3 is 2.43 bits per heavy atom. The third-order valence-corrected chi connectivity index (χ3v) is 7.23. The monoisotopic (exact) mass is 307 g/mol. The Balaban J connectivity index is 1.83. The van der Waals surface area contributed by atoms with E-state index in [1.54, 1.807) is 10.4 Å². The van der Waals surface area contributed by atoms with Crippen molar-refractivity contribution in [3.8, 4) is 0 Å². The fraction of sp³-hybridized carbons (Fsp3) is 0.647. The average Bonchev–Trinajstić information content (AvgIpc) is 2.49. The van der Waals surface area contributed by atoms with E-state index in [1.165, 1.54) is 25.7 Å². The van der Waals surface area contributed by atoms with Crippen LogP contribution in [0.5, 0.6) is 0 Å². The number of fused-ring (bicyclic) bond motifs is 1. The second-order valence-corrected chi connectivity index (χ2v) is 8.64. The summed E-state index contributed by atoms with van der Waals surface area (Å²) >= 11 is 0. The molecule has 0 unspecified atom stereocenters. The molecule has 21 heavy (non-hydrogen) atoms. The van der Waals surface area contributed by atoms with Crippen molar-refractivity contribution in [2.24, 2.45) is 11.8 Å². The first-order valence-corrected chi connectivity index (χ1v) is 9.50. The first kappa shape index (κ1) is 15.0. The molecule has 3 rings (SSSR count). The molecule has 0 radical (unpaired) electrons. The van der Waals surface area contributed by atoms with Gasteiger partial charge in [0.05, 0.1) is 4.90 Å². The summed E-state index contributed by atoms with van der Waals surface area (Å²) in [5.41, 5.74) is 2.18. The highest BCUT2D eigenvalue weighted by Crippen LogP contribution is 2.37. The third kappa shape index (κ3) is 2.88. The Bertz CT molecular complexity index is 624. The zero-order chi connectivity index (χ0) is 15.0. The molecule has 0 N–H and O–H groups in total. The summed E-state index contributed by atoms with van der Waals surface area (Å²) in [5, 5.41) is 0. The van der Waals surface area contributed by atoms with Crippen molar-refractivity contribution in [3.05, 3.63) is 29.3 Å². The standard InChI is InChI=1S/C17H25NO2S/c1-13-7-8-17(11-14(13)2)21(19,20)18-10-9-15-5-3-4-6-16(15)12-18/h7-8,11,15-16H,3-6,9-10,12H2,1-2H3/t15-,16+/m0/s1. The predicted octanol–water partition coefficient (Wildman–Crippen LogP) is 3.50. The summed E-state index contributed by atoms with van der Waals surface area (Å²) in [5.74, 6) is 1.33. The Labute approximate surface area is 128 Å². The van der Waals surface area contributed by atoms with Crippen molar-refractivity contribution in [2.75, 3.05) is 13.1 Å². The van der Waals surface area contributed by atoms with E-state index in [9.17, 15) is 8.42 Å². The van der Waals surface area contributed by atoms with Gasteiger partial charge in [-0.15, -0.1) is 0 Å². The van der Waals surface area contributed by atoms with Gasteiger partial charge in [-0.2, -0.15) is 4.31 Å². The first-order valence-electron chi connectivity index (χ1n) is 8.06. The number of rotatable bonds is 2. The SMILES string of the molecule is Cc1ccc(S(=O)(=O)N2CC[C@@H]3CCCC[C@@H]3C2)cc1C. The minimum atomic E-state index is -3.32. The maximum atomic E-state index is 12.9. The zero-order valence-corrected chi connectivity index (χ0v) is 13.8. The molecule has 0 aromatic heterocycles. The van der Waals surface area contributed by atoms with Crippen LogP contribution in [0.1, 0.15) is 43.2 Å². The number of aryl methyl sites for hydroxylation is 2. The molecule has 1 saturated carbocycles. The molecule has 2 aliphatic rings. The van der Waals surface area contributed by atoms with Gasteiger partial charge in [-0.1, -0.05) is 25.3 Å². The van der Waals surface area contributed by atoms with Gasteiger partial charge in [0.1, 0.15) is 0 Å². The zero-order valence-electron chi connectivity index (χ0n) is 13.0. The van der Waals surface area contributed by atoms with E-state index in [2.05, 4.69) is 0 Å². The highest BCUT2D eigenvalue weighted by Gasteiger charge is 2.36. The minimum Gasteiger partial charge on any atom is -0.207 e. The van der Waals surface area contributed by atoms with Gasteiger partial charge < -0.3 is 0 Å². The Kier molecular flexibility index (Phi) is 4.10. The molecular formula is C17H25NO2S. The number of piperidine rings is 1. The molecule has 1 aliphatic heterocycles. The van der Waals surface area contributed by atoms with Crippen LogP contribution >= 0.6 is 0 Å². The lowest BCUT2D eigenvalue weighted by atomic mass is 9.76. The first-order chi connectivity index (χ1) is 9.98. The molecule has 4 heteroatoms. The molecule has 2 atom stereocenters. The molecule has 1 heterocycles. The molecule has 1 aromatic rings. The predicted molar refractivity (Wildman–Crippen MR) is 84.7 cm³/mol.